The van der Waals surface area contributed by atoms with Crippen molar-refractivity contribution < 1.29 is 23.4 Å². The SMILES string of the molecule is OCCC(F)(F)c1cc(Br)cc(F)c1O. The quantitative estimate of drug-likeness (QED) is 0.896. The molecule has 0 spiro atoms. The largest absolute Gasteiger partial charge is 0.504 e. The molecule has 84 valence electrons. The maximum absolute atomic E-state index is 13.3. The van der Waals surface area contributed by atoms with Crippen molar-refractivity contribution in [3.63, 3.8) is 0 Å². The number of aliphatic hydroxyl groups is 1. The number of halogens is 4. The highest BCUT2D eigenvalue weighted by Crippen LogP contribution is 2.39. The van der Waals surface area contributed by atoms with E-state index in [1.54, 1.807) is 0 Å². The Labute approximate surface area is 92.5 Å². The smallest absolute Gasteiger partial charge is 0.279 e. The topological polar surface area (TPSA) is 40.5 Å². The van der Waals surface area contributed by atoms with Crippen LogP contribution < -0.4 is 0 Å². The number of aromatic hydroxyl groups is 1. The maximum Gasteiger partial charge on any atom is 0.279 e. The van der Waals surface area contributed by atoms with E-state index in [1.165, 1.54) is 0 Å². The lowest BCUT2D eigenvalue weighted by Gasteiger charge is -2.17. The standard InChI is InChI=1S/C9H8BrF3O2/c10-5-3-6(8(15)7(11)4-5)9(12,13)1-2-14/h3-4,14-15H,1-2H2. The Morgan fingerprint density at radius 1 is 1.33 bits per heavy atom. The zero-order valence-electron chi connectivity index (χ0n) is 7.48. The molecule has 2 N–H and O–H groups in total. The molecular weight excluding hydrogens is 277 g/mol. The number of benzene rings is 1. The van der Waals surface area contributed by atoms with Gasteiger partial charge in [-0.3, -0.25) is 0 Å². The van der Waals surface area contributed by atoms with Gasteiger partial charge in [0.05, 0.1) is 5.56 Å². The van der Waals surface area contributed by atoms with E-state index in [9.17, 15) is 13.2 Å². The van der Waals surface area contributed by atoms with Crippen LogP contribution in [0.15, 0.2) is 16.6 Å². The lowest BCUT2D eigenvalue weighted by Crippen LogP contribution is -2.16. The van der Waals surface area contributed by atoms with Crippen LogP contribution in [0.1, 0.15) is 12.0 Å². The van der Waals surface area contributed by atoms with E-state index in [0.29, 0.717) is 0 Å². The van der Waals surface area contributed by atoms with Crippen molar-refractivity contribution >= 4 is 15.9 Å². The zero-order valence-corrected chi connectivity index (χ0v) is 9.06. The Morgan fingerprint density at radius 2 is 1.93 bits per heavy atom. The monoisotopic (exact) mass is 284 g/mol. The second-order valence-corrected chi connectivity index (χ2v) is 3.88. The minimum Gasteiger partial charge on any atom is -0.504 e. The van der Waals surface area contributed by atoms with Crippen LogP contribution in [-0.4, -0.2) is 16.8 Å². The first kappa shape index (κ1) is 12.3. The van der Waals surface area contributed by atoms with Gasteiger partial charge in [-0.15, -0.1) is 0 Å². The van der Waals surface area contributed by atoms with Crippen molar-refractivity contribution in [2.24, 2.45) is 0 Å². The van der Waals surface area contributed by atoms with E-state index >= 15 is 0 Å². The van der Waals surface area contributed by atoms with Crippen LogP contribution in [-0.2, 0) is 5.92 Å². The van der Waals surface area contributed by atoms with E-state index in [1.807, 2.05) is 0 Å². The van der Waals surface area contributed by atoms with Crippen LogP contribution in [0.4, 0.5) is 13.2 Å². The van der Waals surface area contributed by atoms with Crippen molar-refractivity contribution in [3.8, 4) is 5.75 Å². The fourth-order valence-electron chi connectivity index (χ4n) is 1.12. The van der Waals surface area contributed by atoms with Gasteiger partial charge in [-0.1, -0.05) is 15.9 Å². The molecule has 0 heterocycles. The summed E-state index contributed by atoms with van der Waals surface area (Å²) in [4.78, 5) is 0. The Bertz CT molecular complexity index is 369. The zero-order chi connectivity index (χ0) is 11.6. The predicted molar refractivity (Wildman–Crippen MR) is 51.4 cm³/mol. The summed E-state index contributed by atoms with van der Waals surface area (Å²) in [6, 6.07) is 1.81. The summed E-state index contributed by atoms with van der Waals surface area (Å²) in [5, 5.41) is 17.6. The van der Waals surface area contributed by atoms with E-state index < -0.39 is 36.1 Å². The van der Waals surface area contributed by atoms with Crippen LogP contribution in [0.3, 0.4) is 0 Å². The summed E-state index contributed by atoms with van der Waals surface area (Å²) >= 11 is 2.84. The van der Waals surface area contributed by atoms with E-state index in [4.69, 9.17) is 10.2 Å². The fraction of sp³-hybridized carbons (Fsp3) is 0.333. The molecule has 0 aromatic heterocycles. The summed E-state index contributed by atoms with van der Waals surface area (Å²) in [7, 11) is 0. The van der Waals surface area contributed by atoms with E-state index in [0.717, 1.165) is 12.1 Å². The Morgan fingerprint density at radius 3 is 2.47 bits per heavy atom. The number of phenols is 1. The minimum absolute atomic E-state index is 0.102. The molecule has 1 aromatic rings. The number of hydrogen-bond donors (Lipinski definition) is 2. The van der Waals surface area contributed by atoms with E-state index in [-0.39, 0.29) is 4.47 Å². The van der Waals surface area contributed by atoms with Gasteiger partial charge in [0.25, 0.3) is 5.92 Å². The van der Waals surface area contributed by atoms with Gasteiger partial charge in [-0.2, -0.15) is 0 Å². The molecule has 2 nitrogen and oxygen atoms in total. The number of phenolic OH excluding ortho intramolecular Hbond substituents is 1. The van der Waals surface area contributed by atoms with Gasteiger partial charge in [0.1, 0.15) is 0 Å². The van der Waals surface area contributed by atoms with Gasteiger partial charge in [-0.25, -0.2) is 13.2 Å². The normalized spacial score (nSPS) is 11.8. The minimum atomic E-state index is -3.45. The molecule has 0 saturated heterocycles. The molecule has 0 aliphatic rings. The Hall–Kier alpha value is -0.750. The highest BCUT2D eigenvalue weighted by atomic mass is 79.9. The van der Waals surface area contributed by atoms with Crippen molar-refractivity contribution in [2.75, 3.05) is 6.61 Å². The molecule has 15 heavy (non-hydrogen) atoms. The maximum atomic E-state index is 13.3. The molecule has 0 radical (unpaired) electrons. The lowest BCUT2D eigenvalue weighted by atomic mass is 10.0. The highest BCUT2D eigenvalue weighted by molar-refractivity contribution is 9.10. The molecule has 0 bridgehead atoms. The predicted octanol–water partition coefficient (Wildman–Crippen LogP) is 2.77. The van der Waals surface area contributed by atoms with Crippen molar-refractivity contribution in [3.05, 3.63) is 28.0 Å². The van der Waals surface area contributed by atoms with Crippen molar-refractivity contribution in [1.82, 2.24) is 0 Å². The summed E-state index contributed by atoms with van der Waals surface area (Å²) in [5.74, 6) is -5.67. The fourth-order valence-corrected chi connectivity index (χ4v) is 1.55. The number of hydrogen-bond acceptors (Lipinski definition) is 2. The first-order chi connectivity index (χ1) is 6.88. The summed E-state index contributed by atoms with van der Waals surface area (Å²) in [6.07, 6.45) is -0.865. The lowest BCUT2D eigenvalue weighted by molar-refractivity contribution is -0.0291. The number of alkyl halides is 2. The van der Waals surface area contributed by atoms with Gasteiger partial charge in [0.15, 0.2) is 11.6 Å². The molecule has 6 heteroatoms. The van der Waals surface area contributed by atoms with Crippen LogP contribution in [0, 0.1) is 5.82 Å². The Kier molecular flexibility index (Phi) is 3.62. The van der Waals surface area contributed by atoms with Gasteiger partial charge in [0.2, 0.25) is 0 Å². The van der Waals surface area contributed by atoms with Gasteiger partial charge in [-0.05, 0) is 12.1 Å². The van der Waals surface area contributed by atoms with Gasteiger partial charge >= 0.3 is 0 Å². The second kappa shape index (κ2) is 4.40. The third-order valence-corrected chi connectivity index (χ3v) is 2.31. The second-order valence-electron chi connectivity index (χ2n) is 2.96. The van der Waals surface area contributed by atoms with Gasteiger partial charge < -0.3 is 10.2 Å². The summed E-state index contributed by atoms with van der Waals surface area (Å²) in [6.45, 7) is -0.749. The molecule has 1 aromatic carbocycles. The molecule has 0 fully saturated rings. The third-order valence-electron chi connectivity index (χ3n) is 1.85. The van der Waals surface area contributed by atoms with Crippen LogP contribution >= 0.6 is 15.9 Å². The molecule has 0 aliphatic heterocycles. The first-order valence-electron chi connectivity index (χ1n) is 4.05. The molecule has 0 atom stereocenters. The average Bonchev–Trinajstić information content (AvgIpc) is 2.11. The molecule has 1 rings (SSSR count). The van der Waals surface area contributed by atoms with Crippen molar-refractivity contribution in [1.29, 1.82) is 0 Å². The molecule has 0 saturated carbocycles. The van der Waals surface area contributed by atoms with Gasteiger partial charge in [0, 0.05) is 17.5 Å². The summed E-state index contributed by atoms with van der Waals surface area (Å²) in [5.41, 5.74) is -0.830. The van der Waals surface area contributed by atoms with E-state index in [2.05, 4.69) is 15.9 Å². The third kappa shape index (κ3) is 2.63. The first-order valence-corrected chi connectivity index (χ1v) is 4.85. The number of aliphatic hydroxyl groups excluding tert-OH is 1. The van der Waals surface area contributed by atoms with Crippen LogP contribution in [0.2, 0.25) is 0 Å². The molecule has 0 unspecified atom stereocenters. The van der Waals surface area contributed by atoms with Crippen LogP contribution in [0.5, 0.6) is 5.75 Å². The number of rotatable bonds is 3. The summed E-state index contributed by atoms with van der Waals surface area (Å²) < 4.78 is 39.6. The highest BCUT2D eigenvalue weighted by Gasteiger charge is 2.35. The molecule has 0 aliphatic carbocycles. The van der Waals surface area contributed by atoms with Crippen LogP contribution in [0.25, 0.3) is 0 Å². The van der Waals surface area contributed by atoms with Crippen molar-refractivity contribution in [2.45, 2.75) is 12.3 Å². The molecular formula is C9H8BrF3O2. The Balaban J connectivity index is 3.24. The molecule has 0 amide bonds. The average molecular weight is 285 g/mol.